The van der Waals surface area contributed by atoms with Crippen molar-refractivity contribution in [3.63, 3.8) is 0 Å². The average molecular weight is 462 g/mol. The van der Waals surface area contributed by atoms with Crippen LogP contribution in [0.1, 0.15) is 17.0 Å². The first-order chi connectivity index (χ1) is 13.6. The molecule has 1 aliphatic heterocycles. The number of nitrogens with zero attached hydrogens (tertiary/aromatic N) is 7. The Labute approximate surface area is 188 Å². The molecule has 0 spiro atoms. The summed E-state index contributed by atoms with van der Waals surface area (Å²) < 4.78 is 6.96. The summed E-state index contributed by atoms with van der Waals surface area (Å²) in [4.78, 5) is 16.1. The van der Waals surface area contributed by atoms with Crippen molar-refractivity contribution >= 4 is 62.4 Å². The van der Waals surface area contributed by atoms with Gasteiger partial charge in [0.15, 0.2) is 0 Å². The van der Waals surface area contributed by atoms with Gasteiger partial charge >= 0.3 is 0 Å². The average Bonchev–Trinajstić information content (AvgIpc) is 3.07. The van der Waals surface area contributed by atoms with E-state index in [4.69, 9.17) is 10.00 Å². The molecule has 1 aliphatic rings. The van der Waals surface area contributed by atoms with Crippen molar-refractivity contribution in [1.82, 2.24) is 25.1 Å². The lowest BCUT2D eigenvalue weighted by Gasteiger charge is -2.39. The summed E-state index contributed by atoms with van der Waals surface area (Å²) >= 11 is 1.58. The number of pyridine rings is 1. The molecular formula is C19H17Cl2N7OS. The summed E-state index contributed by atoms with van der Waals surface area (Å²) in [6.07, 6.45) is 3.25. The third-order valence-electron chi connectivity index (χ3n) is 4.94. The van der Waals surface area contributed by atoms with Gasteiger partial charge in [0, 0.05) is 5.39 Å². The lowest BCUT2D eigenvalue weighted by atomic mass is 10.1. The predicted octanol–water partition coefficient (Wildman–Crippen LogP) is 3.63. The molecular weight excluding hydrogens is 445 g/mol. The van der Waals surface area contributed by atoms with E-state index < -0.39 is 0 Å². The normalized spacial score (nSPS) is 13.3. The van der Waals surface area contributed by atoms with E-state index in [0.717, 1.165) is 50.6 Å². The summed E-state index contributed by atoms with van der Waals surface area (Å²) in [6.45, 7) is 5.47. The van der Waals surface area contributed by atoms with Gasteiger partial charge in [-0.15, -0.1) is 41.2 Å². The molecule has 0 bridgehead atoms. The number of hydrogen-bond acceptors (Lipinski definition) is 9. The Kier molecular flexibility index (Phi) is 6.22. The van der Waals surface area contributed by atoms with Crippen molar-refractivity contribution in [2.45, 2.75) is 20.0 Å². The van der Waals surface area contributed by atoms with Crippen molar-refractivity contribution in [3.8, 4) is 11.8 Å². The maximum absolute atomic E-state index is 8.82. The van der Waals surface area contributed by atoms with Crippen LogP contribution in [-0.4, -0.2) is 44.3 Å². The molecule has 0 radical (unpaired) electrons. The molecule has 8 nitrogen and oxygen atoms in total. The highest BCUT2D eigenvalue weighted by molar-refractivity contribution is 7.26. The quantitative estimate of drug-likeness (QED) is 0.455. The smallest absolute Gasteiger partial charge is 0.150 e. The molecule has 4 aromatic rings. The number of halogens is 2. The maximum Gasteiger partial charge on any atom is 0.150 e. The van der Waals surface area contributed by atoms with Crippen LogP contribution in [0.5, 0.6) is 5.75 Å². The third kappa shape index (κ3) is 3.58. The van der Waals surface area contributed by atoms with Crippen LogP contribution in [-0.2, 0) is 0 Å². The zero-order valence-electron chi connectivity index (χ0n) is 16.1. The SMILES string of the molecule is Cc1nnc2sc3c(N4CC(Oc5ccc(C#N)nc5)C4)ncnc3c2c1C.Cl.Cl. The minimum absolute atomic E-state index is 0. The minimum atomic E-state index is 0. The number of rotatable bonds is 3. The molecule has 0 saturated carbocycles. The van der Waals surface area contributed by atoms with Gasteiger partial charge in [0.05, 0.1) is 35.2 Å². The molecule has 154 valence electrons. The molecule has 30 heavy (non-hydrogen) atoms. The predicted molar refractivity (Wildman–Crippen MR) is 120 cm³/mol. The van der Waals surface area contributed by atoms with Crippen LogP contribution in [0.4, 0.5) is 5.82 Å². The van der Waals surface area contributed by atoms with E-state index in [1.54, 1.807) is 36.0 Å². The summed E-state index contributed by atoms with van der Waals surface area (Å²) in [7, 11) is 0. The molecule has 4 aromatic heterocycles. The monoisotopic (exact) mass is 461 g/mol. The number of aromatic nitrogens is 5. The zero-order chi connectivity index (χ0) is 19.3. The van der Waals surface area contributed by atoms with Crippen LogP contribution in [0.3, 0.4) is 0 Å². The molecule has 0 aromatic carbocycles. The molecule has 0 unspecified atom stereocenters. The van der Waals surface area contributed by atoms with Crippen molar-refractivity contribution in [2.24, 2.45) is 0 Å². The highest BCUT2D eigenvalue weighted by atomic mass is 35.5. The topological polar surface area (TPSA) is 101 Å². The Morgan fingerprint density at radius 3 is 2.63 bits per heavy atom. The molecule has 1 fully saturated rings. The van der Waals surface area contributed by atoms with Crippen LogP contribution in [0.2, 0.25) is 0 Å². The van der Waals surface area contributed by atoms with Crippen molar-refractivity contribution in [3.05, 3.63) is 41.6 Å². The van der Waals surface area contributed by atoms with Gasteiger partial charge < -0.3 is 9.64 Å². The lowest BCUT2D eigenvalue weighted by Crippen LogP contribution is -2.54. The first kappa shape index (κ1) is 21.9. The Hall–Kier alpha value is -2.80. The number of nitriles is 1. The number of ether oxygens (including phenoxy) is 1. The largest absolute Gasteiger partial charge is 0.485 e. The first-order valence-electron chi connectivity index (χ1n) is 8.79. The molecule has 5 heterocycles. The van der Waals surface area contributed by atoms with Crippen molar-refractivity contribution in [2.75, 3.05) is 18.0 Å². The van der Waals surface area contributed by atoms with Gasteiger partial charge in [-0.05, 0) is 31.5 Å². The van der Waals surface area contributed by atoms with E-state index in [9.17, 15) is 0 Å². The second-order valence-electron chi connectivity index (χ2n) is 6.70. The molecule has 0 atom stereocenters. The van der Waals surface area contributed by atoms with Crippen molar-refractivity contribution in [1.29, 1.82) is 5.26 Å². The van der Waals surface area contributed by atoms with Crippen LogP contribution < -0.4 is 9.64 Å². The van der Waals surface area contributed by atoms with Crippen LogP contribution >= 0.6 is 36.2 Å². The molecule has 11 heteroatoms. The highest BCUT2D eigenvalue weighted by Crippen LogP contribution is 2.39. The fraction of sp³-hybridized carbons (Fsp3) is 0.263. The van der Waals surface area contributed by atoms with Gasteiger partial charge in [-0.25, -0.2) is 15.0 Å². The fourth-order valence-corrected chi connectivity index (χ4v) is 4.44. The molecule has 5 rings (SSSR count). The van der Waals surface area contributed by atoms with E-state index in [1.807, 2.05) is 13.0 Å². The van der Waals surface area contributed by atoms with Gasteiger partial charge in [-0.2, -0.15) is 10.4 Å². The standard InChI is InChI=1S/C19H15N7OS.2ClH/c1-10-11(2)24-25-19-15(10)16-17(28-19)18(23-9-22-16)26-7-14(8-26)27-13-4-3-12(5-20)21-6-13;;/h3-4,6,9,14H,7-8H2,1-2H3;2*1H. The van der Waals surface area contributed by atoms with Crippen molar-refractivity contribution < 1.29 is 4.74 Å². The van der Waals surface area contributed by atoms with Gasteiger partial charge in [0.1, 0.15) is 40.6 Å². The fourth-order valence-electron chi connectivity index (χ4n) is 3.29. The Morgan fingerprint density at radius 1 is 1.13 bits per heavy atom. The van der Waals surface area contributed by atoms with E-state index in [0.29, 0.717) is 11.4 Å². The summed E-state index contributed by atoms with van der Waals surface area (Å²) in [6, 6.07) is 5.43. The molecule has 0 amide bonds. The Balaban J connectivity index is 0.00000128. The third-order valence-corrected chi connectivity index (χ3v) is 6.00. The van der Waals surface area contributed by atoms with Crippen LogP contribution in [0, 0.1) is 25.2 Å². The zero-order valence-corrected chi connectivity index (χ0v) is 18.5. The number of anilines is 1. The van der Waals surface area contributed by atoms with Gasteiger partial charge in [0.25, 0.3) is 0 Å². The van der Waals surface area contributed by atoms with Gasteiger partial charge in [-0.1, -0.05) is 0 Å². The van der Waals surface area contributed by atoms with E-state index in [1.165, 1.54) is 0 Å². The van der Waals surface area contributed by atoms with Crippen LogP contribution in [0.15, 0.2) is 24.7 Å². The summed E-state index contributed by atoms with van der Waals surface area (Å²) in [5.41, 5.74) is 3.34. The van der Waals surface area contributed by atoms with Crippen LogP contribution in [0.25, 0.3) is 20.4 Å². The second-order valence-corrected chi connectivity index (χ2v) is 7.70. The van der Waals surface area contributed by atoms with E-state index in [-0.39, 0.29) is 30.9 Å². The maximum atomic E-state index is 8.82. The number of fused-ring (bicyclic) bond motifs is 3. The highest BCUT2D eigenvalue weighted by Gasteiger charge is 2.32. The number of hydrogen-bond donors (Lipinski definition) is 0. The summed E-state index contributed by atoms with van der Waals surface area (Å²) in [5, 5.41) is 18.5. The first-order valence-corrected chi connectivity index (χ1v) is 9.60. The number of thiophene rings is 1. The Bertz CT molecular complexity index is 1250. The Morgan fingerprint density at radius 2 is 1.93 bits per heavy atom. The minimum Gasteiger partial charge on any atom is -0.485 e. The number of aryl methyl sites for hydroxylation is 2. The van der Waals surface area contributed by atoms with E-state index >= 15 is 0 Å². The van der Waals surface area contributed by atoms with Gasteiger partial charge in [0.2, 0.25) is 0 Å². The molecule has 0 aliphatic carbocycles. The molecule has 1 saturated heterocycles. The van der Waals surface area contributed by atoms with Gasteiger partial charge in [-0.3, -0.25) is 0 Å². The van der Waals surface area contributed by atoms with E-state index in [2.05, 4.69) is 37.0 Å². The second kappa shape index (κ2) is 8.52. The lowest BCUT2D eigenvalue weighted by molar-refractivity contribution is 0.166. The molecule has 0 N–H and O–H groups in total. The summed E-state index contributed by atoms with van der Waals surface area (Å²) in [5.74, 6) is 1.57.